The molecule has 80 valence electrons. The average molecular weight is 246 g/mol. The molecule has 0 rings (SSSR count). The monoisotopic (exact) mass is 244 g/mol. The minimum absolute atomic E-state index is 0.0195. The number of rotatable bonds is 7. The first-order valence-corrected chi connectivity index (χ1v) is 6.36. The van der Waals surface area contributed by atoms with E-state index in [0.717, 1.165) is 32.1 Å². The minimum atomic E-state index is -0.0881. The Morgan fingerprint density at radius 1 is 0.846 bits per heavy atom. The fourth-order valence-electron chi connectivity index (χ4n) is 1.22. The lowest BCUT2D eigenvalue weighted by Gasteiger charge is -2.20. The Hall–Kier alpha value is 0.870. The van der Waals surface area contributed by atoms with Crippen molar-refractivity contribution in [2.75, 3.05) is 0 Å². The van der Waals surface area contributed by atoms with Gasteiger partial charge in [-0.3, -0.25) is 0 Å². The van der Waals surface area contributed by atoms with E-state index >= 15 is 0 Å². The van der Waals surface area contributed by atoms with Gasteiger partial charge in [-0.15, -0.1) is 34.8 Å². The van der Waals surface area contributed by atoms with Gasteiger partial charge in [0.2, 0.25) is 0 Å². The van der Waals surface area contributed by atoms with Crippen molar-refractivity contribution in [3.8, 4) is 0 Å². The maximum Gasteiger partial charge on any atom is 0.0663 e. The van der Waals surface area contributed by atoms with Crippen molar-refractivity contribution in [2.24, 2.45) is 0 Å². The molecule has 0 bridgehead atoms. The van der Waals surface area contributed by atoms with E-state index in [4.69, 9.17) is 34.8 Å². The molecule has 3 heteroatoms. The van der Waals surface area contributed by atoms with Crippen LogP contribution in [0.3, 0.4) is 0 Å². The Balaban J connectivity index is 3.71. The molecule has 0 N–H and O–H groups in total. The molecular formula is C10H19Cl3. The normalized spacial score (nSPS) is 18.2. The summed E-state index contributed by atoms with van der Waals surface area (Å²) in [6.45, 7) is 4.26. The van der Waals surface area contributed by atoms with Gasteiger partial charge in [0.1, 0.15) is 0 Å². The van der Waals surface area contributed by atoms with E-state index in [1.165, 1.54) is 0 Å². The number of unbranched alkanes of at least 4 members (excludes halogenated alkanes) is 1. The van der Waals surface area contributed by atoms with Crippen LogP contribution in [0.1, 0.15) is 46.0 Å². The molecule has 13 heavy (non-hydrogen) atoms. The highest BCUT2D eigenvalue weighted by molar-refractivity contribution is 6.35. The minimum Gasteiger partial charge on any atom is -0.121 e. The van der Waals surface area contributed by atoms with Gasteiger partial charge in [0.25, 0.3) is 0 Å². The molecule has 0 aliphatic rings. The van der Waals surface area contributed by atoms with Crippen LogP contribution in [0.4, 0.5) is 0 Å². The predicted octanol–water partition coefficient (Wildman–Crippen LogP) is 4.80. The SMILES string of the molecule is CCCCC(Cl)C(Cl)C(Cl)CCC. The van der Waals surface area contributed by atoms with Crippen molar-refractivity contribution in [3.63, 3.8) is 0 Å². The van der Waals surface area contributed by atoms with Crippen molar-refractivity contribution in [1.29, 1.82) is 0 Å². The Labute approximate surface area is 96.9 Å². The van der Waals surface area contributed by atoms with E-state index in [0.29, 0.717) is 0 Å². The number of halogens is 3. The molecule has 3 atom stereocenters. The predicted molar refractivity (Wildman–Crippen MR) is 63.4 cm³/mol. The molecule has 0 aromatic carbocycles. The summed E-state index contributed by atoms with van der Waals surface area (Å²) in [5.41, 5.74) is 0. The van der Waals surface area contributed by atoms with Crippen LogP contribution in [0.15, 0.2) is 0 Å². The molecule has 0 fully saturated rings. The van der Waals surface area contributed by atoms with Gasteiger partial charge < -0.3 is 0 Å². The maximum atomic E-state index is 6.13. The van der Waals surface area contributed by atoms with Gasteiger partial charge in [-0.2, -0.15) is 0 Å². The first kappa shape index (κ1) is 13.9. The van der Waals surface area contributed by atoms with Crippen molar-refractivity contribution in [1.82, 2.24) is 0 Å². The highest BCUT2D eigenvalue weighted by atomic mass is 35.5. The van der Waals surface area contributed by atoms with Gasteiger partial charge >= 0.3 is 0 Å². The van der Waals surface area contributed by atoms with Gasteiger partial charge in [0.15, 0.2) is 0 Å². The molecule has 0 nitrogen and oxygen atoms in total. The molecule has 0 saturated carbocycles. The molecule has 0 amide bonds. The van der Waals surface area contributed by atoms with E-state index in [1.807, 2.05) is 0 Å². The Bertz CT molecular complexity index is 117. The van der Waals surface area contributed by atoms with Gasteiger partial charge in [0.05, 0.1) is 16.1 Å². The summed E-state index contributed by atoms with van der Waals surface area (Å²) in [5.74, 6) is 0. The molecule has 0 saturated heterocycles. The third-order valence-electron chi connectivity index (χ3n) is 2.09. The van der Waals surface area contributed by atoms with Crippen LogP contribution in [-0.4, -0.2) is 16.1 Å². The molecule has 3 unspecified atom stereocenters. The van der Waals surface area contributed by atoms with Crippen LogP contribution in [-0.2, 0) is 0 Å². The fourth-order valence-corrected chi connectivity index (χ4v) is 2.27. The summed E-state index contributed by atoms with van der Waals surface area (Å²) < 4.78 is 0. The van der Waals surface area contributed by atoms with Crippen LogP contribution in [0.2, 0.25) is 0 Å². The second kappa shape index (κ2) is 8.20. The zero-order valence-corrected chi connectivity index (χ0v) is 10.7. The van der Waals surface area contributed by atoms with E-state index in [1.54, 1.807) is 0 Å². The molecule has 0 heterocycles. The summed E-state index contributed by atoms with van der Waals surface area (Å²) in [6.07, 6.45) is 5.28. The summed E-state index contributed by atoms with van der Waals surface area (Å²) in [7, 11) is 0. The zero-order chi connectivity index (χ0) is 10.3. The number of alkyl halides is 3. The van der Waals surface area contributed by atoms with Crippen molar-refractivity contribution >= 4 is 34.8 Å². The quantitative estimate of drug-likeness (QED) is 0.565. The van der Waals surface area contributed by atoms with Gasteiger partial charge in [-0.25, -0.2) is 0 Å². The standard InChI is InChI=1S/C10H19Cl3/c1-3-5-7-9(12)10(13)8(11)6-4-2/h8-10H,3-7H2,1-2H3. The average Bonchev–Trinajstić information content (AvgIpc) is 2.13. The molecule has 0 aromatic rings. The Kier molecular flexibility index (Phi) is 8.75. The fraction of sp³-hybridized carbons (Fsp3) is 1.00. The highest BCUT2D eigenvalue weighted by Gasteiger charge is 2.23. The topological polar surface area (TPSA) is 0 Å². The first-order chi connectivity index (χ1) is 6.13. The van der Waals surface area contributed by atoms with Crippen molar-refractivity contribution in [3.05, 3.63) is 0 Å². The van der Waals surface area contributed by atoms with Crippen LogP contribution in [0, 0.1) is 0 Å². The van der Waals surface area contributed by atoms with E-state index < -0.39 is 0 Å². The summed E-state index contributed by atoms with van der Waals surface area (Å²) in [6, 6.07) is 0. The van der Waals surface area contributed by atoms with E-state index in [-0.39, 0.29) is 16.1 Å². The summed E-state index contributed by atoms with van der Waals surface area (Å²) in [4.78, 5) is 0. The van der Waals surface area contributed by atoms with Crippen LogP contribution >= 0.6 is 34.8 Å². The lowest BCUT2D eigenvalue weighted by atomic mass is 10.1. The summed E-state index contributed by atoms with van der Waals surface area (Å²) in [5, 5.41) is -0.0449. The largest absolute Gasteiger partial charge is 0.121 e. The first-order valence-electron chi connectivity index (χ1n) is 5.05. The van der Waals surface area contributed by atoms with Gasteiger partial charge in [-0.1, -0.05) is 33.1 Å². The third kappa shape index (κ3) is 6.04. The number of hydrogen-bond acceptors (Lipinski definition) is 0. The van der Waals surface area contributed by atoms with Crippen LogP contribution < -0.4 is 0 Å². The lowest BCUT2D eigenvalue weighted by molar-refractivity contribution is 0.604. The molecule has 0 aromatic heterocycles. The Morgan fingerprint density at radius 2 is 1.38 bits per heavy atom. The van der Waals surface area contributed by atoms with Gasteiger partial charge in [-0.05, 0) is 12.8 Å². The van der Waals surface area contributed by atoms with Crippen LogP contribution in [0.25, 0.3) is 0 Å². The van der Waals surface area contributed by atoms with E-state index in [2.05, 4.69) is 13.8 Å². The van der Waals surface area contributed by atoms with Crippen LogP contribution in [0.5, 0.6) is 0 Å². The lowest BCUT2D eigenvalue weighted by Crippen LogP contribution is -2.25. The summed E-state index contributed by atoms with van der Waals surface area (Å²) >= 11 is 18.3. The van der Waals surface area contributed by atoms with E-state index in [9.17, 15) is 0 Å². The molecule has 0 radical (unpaired) electrons. The maximum absolute atomic E-state index is 6.13. The second-order valence-electron chi connectivity index (χ2n) is 3.41. The molecular weight excluding hydrogens is 226 g/mol. The smallest absolute Gasteiger partial charge is 0.0663 e. The zero-order valence-electron chi connectivity index (χ0n) is 8.40. The highest BCUT2D eigenvalue weighted by Crippen LogP contribution is 2.25. The molecule has 0 aliphatic carbocycles. The molecule has 0 aliphatic heterocycles. The second-order valence-corrected chi connectivity index (χ2v) is 5.03. The number of hydrogen-bond donors (Lipinski definition) is 0. The Morgan fingerprint density at radius 3 is 1.85 bits per heavy atom. The van der Waals surface area contributed by atoms with Crippen molar-refractivity contribution < 1.29 is 0 Å². The third-order valence-corrected chi connectivity index (χ3v) is 3.93. The van der Waals surface area contributed by atoms with Gasteiger partial charge in [0, 0.05) is 0 Å². The molecule has 0 spiro atoms. The van der Waals surface area contributed by atoms with Crippen molar-refractivity contribution in [2.45, 2.75) is 62.1 Å².